The van der Waals surface area contributed by atoms with Gasteiger partial charge in [-0.2, -0.15) is 0 Å². The van der Waals surface area contributed by atoms with Gasteiger partial charge in [0.05, 0.1) is 6.04 Å². The molecule has 16 heavy (non-hydrogen) atoms. The van der Waals surface area contributed by atoms with Gasteiger partial charge >= 0.3 is 0 Å². The first-order chi connectivity index (χ1) is 7.43. The number of hydrogen-bond donors (Lipinski definition) is 2. The molecule has 3 nitrogen and oxygen atoms in total. The molecule has 94 valence electrons. The fourth-order valence-corrected chi connectivity index (χ4v) is 1.17. The summed E-state index contributed by atoms with van der Waals surface area (Å²) in [4.78, 5) is 11.6. The maximum absolute atomic E-state index is 11.6. The van der Waals surface area contributed by atoms with Crippen LogP contribution in [0.1, 0.15) is 41.0 Å². The molecule has 0 spiro atoms. The van der Waals surface area contributed by atoms with E-state index >= 15 is 0 Å². The van der Waals surface area contributed by atoms with E-state index < -0.39 is 0 Å². The van der Waals surface area contributed by atoms with Crippen molar-refractivity contribution in [2.45, 2.75) is 47.1 Å². The molecule has 0 rings (SSSR count). The molecule has 0 aromatic carbocycles. The van der Waals surface area contributed by atoms with Gasteiger partial charge in [0.1, 0.15) is 0 Å². The van der Waals surface area contributed by atoms with Crippen molar-refractivity contribution in [2.24, 2.45) is 5.92 Å². The van der Waals surface area contributed by atoms with Crippen molar-refractivity contribution in [3.8, 4) is 0 Å². The highest BCUT2D eigenvalue weighted by Gasteiger charge is 2.10. The second-order valence-electron chi connectivity index (χ2n) is 4.88. The molecule has 0 saturated heterocycles. The summed E-state index contributed by atoms with van der Waals surface area (Å²) in [6.45, 7) is 11.8. The number of amides is 1. The molecule has 2 N–H and O–H groups in total. The van der Waals surface area contributed by atoms with Crippen molar-refractivity contribution in [2.75, 3.05) is 13.1 Å². The summed E-state index contributed by atoms with van der Waals surface area (Å²) in [5, 5.41) is 6.09. The Hall–Kier alpha value is -0.830. The van der Waals surface area contributed by atoms with Gasteiger partial charge in [0, 0.05) is 13.1 Å². The molecule has 1 amide bonds. The Kier molecular flexibility index (Phi) is 7.90. The van der Waals surface area contributed by atoms with Crippen LogP contribution in [0, 0.1) is 5.92 Å². The zero-order chi connectivity index (χ0) is 12.6. The third-order valence-corrected chi connectivity index (χ3v) is 2.35. The summed E-state index contributed by atoms with van der Waals surface area (Å²) < 4.78 is 0. The lowest BCUT2D eigenvalue weighted by Gasteiger charge is -2.13. The van der Waals surface area contributed by atoms with E-state index in [0.29, 0.717) is 5.92 Å². The second kappa shape index (κ2) is 8.34. The standard InChI is InChI=1S/C13H26N2O/c1-10(2)6-8-14-12(5)13(16)15-9-7-11(3)4/h6,11-12,14H,7-9H2,1-5H3,(H,15,16). The van der Waals surface area contributed by atoms with E-state index in [1.807, 2.05) is 6.92 Å². The molecular weight excluding hydrogens is 200 g/mol. The smallest absolute Gasteiger partial charge is 0.236 e. The number of nitrogens with one attached hydrogen (secondary N) is 2. The van der Waals surface area contributed by atoms with Gasteiger partial charge < -0.3 is 10.6 Å². The summed E-state index contributed by atoms with van der Waals surface area (Å²) >= 11 is 0. The number of rotatable bonds is 7. The Labute approximate surface area is 99.7 Å². The summed E-state index contributed by atoms with van der Waals surface area (Å²) in [5.74, 6) is 0.719. The molecule has 0 fully saturated rings. The minimum absolute atomic E-state index is 0.0859. The fourth-order valence-electron chi connectivity index (χ4n) is 1.17. The molecule has 0 aliphatic rings. The van der Waals surface area contributed by atoms with E-state index in [0.717, 1.165) is 19.5 Å². The molecule has 1 atom stereocenters. The van der Waals surface area contributed by atoms with Crippen LogP contribution in [0.5, 0.6) is 0 Å². The average molecular weight is 226 g/mol. The van der Waals surface area contributed by atoms with Crippen molar-refractivity contribution in [3.05, 3.63) is 11.6 Å². The van der Waals surface area contributed by atoms with Gasteiger partial charge in [-0.1, -0.05) is 25.5 Å². The lowest BCUT2D eigenvalue weighted by Crippen LogP contribution is -2.42. The molecule has 0 heterocycles. The molecule has 0 aromatic rings. The molecular formula is C13H26N2O. The second-order valence-corrected chi connectivity index (χ2v) is 4.88. The number of carbonyl (C=O) groups excluding carboxylic acids is 1. The topological polar surface area (TPSA) is 41.1 Å². The van der Waals surface area contributed by atoms with Crippen LogP contribution in [-0.2, 0) is 4.79 Å². The zero-order valence-corrected chi connectivity index (χ0v) is 11.3. The Morgan fingerprint density at radius 2 is 1.88 bits per heavy atom. The maximum Gasteiger partial charge on any atom is 0.236 e. The summed E-state index contributed by atoms with van der Waals surface area (Å²) in [6.07, 6.45) is 3.12. The van der Waals surface area contributed by atoms with Crippen LogP contribution in [0.3, 0.4) is 0 Å². The average Bonchev–Trinajstić information content (AvgIpc) is 2.16. The van der Waals surface area contributed by atoms with E-state index in [-0.39, 0.29) is 11.9 Å². The Bertz CT molecular complexity index is 230. The number of hydrogen-bond acceptors (Lipinski definition) is 2. The normalized spacial score (nSPS) is 12.4. The van der Waals surface area contributed by atoms with Gasteiger partial charge in [0.2, 0.25) is 5.91 Å². The van der Waals surface area contributed by atoms with E-state index in [2.05, 4.69) is 44.4 Å². The van der Waals surface area contributed by atoms with Crippen LogP contribution >= 0.6 is 0 Å². The predicted octanol–water partition coefficient (Wildman–Crippen LogP) is 2.09. The minimum atomic E-state index is -0.122. The van der Waals surface area contributed by atoms with Crippen molar-refractivity contribution in [1.82, 2.24) is 10.6 Å². The molecule has 0 aliphatic carbocycles. The lowest BCUT2D eigenvalue weighted by atomic mass is 10.1. The molecule has 0 aromatic heterocycles. The summed E-state index contributed by atoms with van der Waals surface area (Å²) in [7, 11) is 0. The first-order valence-electron chi connectivity index (χ1n) is 6.08. The molecule has 0 aliphatic heterocycles. The zero-order valence-electron chi connectivity index (χ0n) is 11.3. The monoisotopic (exact) mass is 226 g/mol. The van der Waals surface area contributed by atoms with E-state index in [4.69, 9.17) is 0 Å². The summed E-state index contributed by atoms with van der Waals surface area (Å²) in [5.41, 5.74) is 1.26. The van der Waals surface area contributed by atoms with Crippen LogP contribution in [0.4, 0.5) is 0 Å². The van der Waals surface area contributed by atoms with Crippen LogP contribution in [0.15, 0.2) is 11.6 Å². The van der Waals surface area contributed by atoms with Gasteiger partial charge in [-0.25, -0.2) is 0 Å². The molecule has 0 radical (unpaired) electrons. The van der Waals surface area contributed by atoms with Gasteiger partial charge in [0.25, 0.3) is 0 Å². The highest BCUT2D eigenvalue weighted by Crippen LogP contribution is 1.96. The Morgan fingerprint density at radius 3 is 2.38 bits per heavy atom. The van der Waals surface area contributed by atoms with Gasteiger partial charge in [0.15, 0.2) is 0 Å². The largest absolute Gasteiger partial charge is 0.355 e. The molecule has 1 unspecified atom stereocenters. The van der Waals surface area contributed by atoms with E-state index in [1.165, 1.54) is 5.57 Å². The fraction of sp³-hybridized carbons (Fsp3) is 0.769. The van der Waals surface area contributed by atoms with Crippen molar-refractivity contribution in [3.63, 3.8) is 0 Å². The first-order valence-corrected chi connectivity index (χ1v) is 6.08. The van der Waals surface area contributed by atoms with Gasteiger partial charge in [-0.05, 0) is 33.1 Å². The third-order valence-electron chi connectivity index (χ3n) is 2.35. The van der Waals surface area contributed by atoms with Gasteiger partial charge in [-0.3, -0.25) is 4.79 Å². The van der Waals surface area contributed by atoms with Crippen molar-refractivity contribution in [1.29, 1.82) is 0 Å². The van der Waals surface area contributed by atoms with Crippen molar-refractivity contribution >= 4 is 5.91 Å². The molecule has 0 saturated carbocycles. The SMILES string of the molecule is CC(C)=CCNC(C)C(=O)NCCC(C)C. The predicted molar refractivity (Wildman–Crippen MR) is 69.4 cm³/mol. The lowest BCUT2D eigenvalue weighted by molar-refractivity contribution is -0.122. The van der Waals surface area contributed by atoms with Crippen LogP contribution in [0.2, 0.25) is 0 Å². The Balaban J connectivity index is 3.69. The quantitative estimate of drug-likeness (QED) is 0.653. The number of allylic oxidation sites excluding steroid dienone is 1. The van der Waals surface area contributed by atoms with E-state index in [9.17, 15) is 4.79 Å². The maximum atomic E-state index is 11.6. The van der Waals surface area contributed by atoms with Crippen LogP contribution in [0.25, 0.3) is 0 Å². The third kappa shape index (κ3) is 8.48. The van der Waals surface area contributed by atoms with Crippen molar-refractivity contribution < 1.29 is 4.79 Å². The molecule has 3 heteroatoms. The molecule has 0 bridgehead atoms. The van der Waals surface area contributed by atoms with Gasteiger partial charge in [-0.15, -0.1) is 0 Å². The highest BCUT2D eigenvalue weighted by molar-refractivity contribution is 5.81. The highest BCUT2D eigenvalue weighted by atomic mass is 16.2. The minimum Gasteiger partial charge on any atom is -0.355 e. The summed E-state index contributed by atoms with van der Waals surface area (Å²) in [6, 6.07) is -0.122. The van der Waals surface area contributed by atoms with Crippen LogP contribution in [-0.4, -0.2) is 25.0 Å². The van der Waals surface area contributed by atoms with Crippen LogP contribution < -0.4 is 10.6 Å². The number of carbonyl (C=O) groups is 1. The first kappa shape index (κ1) is 15.2. The van der Waals surface area contributed by atoms with E-state index in [1.54, 1.807) is 0 Å². The Morgan fingerprint density at radius 1 is 1.25 bits per heavy atom.